The molecule has 0 amide bonds. The maximum atomic E-state index is 5.43. The van der Waals surface area contributed by atoms with Gasteiger partial charge in [-0.3, -0.25) is 0 Å². The zero-order chi connectivity index (χ0) is 20.1. The van der Waals surface area contributed by atoms with E-state index in [1.165, 1.54) is 10.3 Å². The van der Waals surface area contributed by atoms with Gasteiger partial charge in [-0.25, -0.2) is 0 Å². The largest absolute Gasteiger partial charge is 0.497 e. The standard InChI is InChI=1S/C23H21N3O2S/c1-27-19-13-12-18(21(14-19)28-2)15-24-25-23-26(16-17-8-4-3-5-9-17)20-10-6-7-11-22(20)29-23/h3-15H,16H2,1-2H3/b24-15-,25-23+. The molecule has 0 N–H and O–H groups in total. The van der Waals surface area contributed by atoms with Crippen LogP contribution in [0.3, 0.4) is 0 Å². The second-order valence-electron chi connectivity index (χ2n) is 6.38. The van der Waals surface area contributed by atoms with Crippen LogP contribution in [0.2, 0.25) is 0 Å². The number of rotatable bonds is 6. The van der Waals surface area contributed by atoms with E-state index in [-0.39, 0.29) is 0 Å². The number of benzene rings is 3. The lowest BCUT2D eigenvalue weighted by Crippen LogP contribution is -2.15. The van der Waals surface area contributed by atoms with Crippen LogP contribution in [0, 0.1) is 0 Å². The Morgan fingerprint density at radius 1 is 0.931 bits per heavy atom. The van der Waals surface area contributed by atoms with Gasteiger partial charge >= 0.3 is 0 Å². The Labute approximate surface area is 173 Å². The van der Waals surface area contributed by atoms with Crippen LogP contribution in [-0.2, 0) is 6.54 Å². The lowest BCUT2D eigenvalue weighted by atomic mass is 10.2. The summed E-state index contributed by atoms with van der Waals surface area (Å²) in [7, 11) is 3.26. The van der Waals surface area contributed by atoms with Gasteiger partial charge in [-0.15, -0.1) is 5.10 Å². The first-order valence-electron chi connectivity index (χ1n) is 9.20. The lowest BCUT2D eigenvalue weighted by molar-refractivity contribution is 0.394. The number of para-hydroxylation sites is 1. The monoisotopic (exact) mass is 403 g/mol. The van der Waals surface area contributed by atoms with E-state index < -0.39 is 0 Å². The predicted octanol–water partition coefficient (Wildman–Crippen LogP) is 4.70. The molecule has 1 heterocycles. The molecule has 0 fully saturated rings. The highest BCUT2D eigenvalue weighted by atomic mass is 32.1. The molecule has 6 heteroatoms. The Kier molecular flexibility index (Phi) is 5.72. The van der Waals surface area contributed by atoms with E-state index in [1.54, 1.807) is 31.8 Å². The fourth-order valence-corrected chi connectivity index (χ4v) is 4.07. The molecule has 4 rings (SSSR count). The van der Waals surface area contributed by atoms with Gasteiger partial charge in [-0.1, -0.05) is 53.8 Å². The third-order valence-electron chi connectivity index (χ3n) is 4.55. The summed E-state index contributed by atoms with van der Waals surface area (Å²) >= 11 is 1.63. The Bertz CT molecular complexity index is 1210. The van der Waals surface area contributed by atoms with Crippen LogP contribution in [0.25, 0.3) is 10.2 Å². The van der Waals surface area contributed by atoms with Crippen LogP contribution in [0.5, 0.6) is 11.5 Å². The zero-order valence-electron chi connectivity index (χ0n) is 16.3. The minimum Gasteiger partial charge on any atom is -0.497 e. The van der Waals surface area contributed by atoms with Gasteiger partial charge in [0.1, 0.15) is 11.5 Å². The molecule has 4 aromatic rings. The van der Waals surface area contributed by atoms with Crippen molar-refractivity contribution in [1.82, 2.24) is 4.57 Å². The van der Waals surface area contributed by atoms with Crippen molar-refractivity contribution in [2.45, 2.75) is 6.54 Å². The highest BCUT2D eigenvalue weighted by Gasteiger charge is 2.07. The average Bonchev–Trinajstić information content (AvgIpc) is 3.12. The molecular weight excluding hydrogens is 382 g/mol. The Balaban J connectivity index is 1.73. The summed E-state index contributed by atoms with van der Waals surface area (Å²) < 4.78 is 14.0. The van der Waals surface area contributed by atoms with Crippen molar-refractivity contribution in [3.8, 4) is 11.5 Å². The molecule has 0 aliphatic rings. The zero-order valence-corrected chi connectivity index (χ0v) is 17.1. The summed E-state index contributed by atoms with van der Waals surface area (Å²) in [6.07, 6.45) is 1.70. The van der Waals surface area contributed by atoms with Crippen molar-refractivity contribution in [3.63, 3.8) is 0 Å². The number of hydrogen-bond donors (Lipinski definition) is 0. The molecule has 146 valence electrons. The molecule has 0 radical (unpaired) electrons. The maximum Gasteiger partial charge on any atom is 0.211 e. The molecule has 1 aromatic heterocycles. The molecule has 0 spiro atoms. The van der Waals surface area contributed by atoms with Crippen LogP contribution < -0.4 is 14.3 Å². The van der Waals surface area contributed by atoms with Gasteiger partial charge in [0.2, 0.25) is 4.80 Å². The first kappa shape index (κ1) is 19.0. The van der Waals surface area contributed by atoms with Gasteiger partial charge in [0.25, 0.3) is 0 Å². The van der Waals surface area contributed by atoms with Crippen molar-refractivity contribution in [2.24, 2.45) is 10.2 Å². The predicted molar refractivity (Wildman–Crippen MR) is 118 cm³/mol. The summed E-state index contributed by atoms with van der Waals surface area (Å²) in [5, 5.41) is 8.86. The topological polar surface area (TPSA) is 48.1 Å². The van der Waals surface area contributed by atoms with E-state index in [0.717, 1.165) is 28.2 Å². The number of fused-ring (bicyclic) bond motifs is 1. The lowest BCUT2D eigenvalue weighted by Gasteiger charge is -2.06. The molecule has 0 aliphatic heterocycles. The fourth-order valence-electron chi connectivity index (χ4n) is 3.08. The molecule has 0 saturated heterocycles. The second kappa shape index (κ2) is 8.75. The van der Waals surface area contributed by atoms with E-state index in [4.69, 9.17) is 9.47 Å². The van der Waals surface area contributed by atoms with E-state index in [2.05, 4.69) is 51.2 Å². The minimum atomic E-state index is 0.691. The average molecular weight is 404 g/mol. The molecule has 5 nitrogen and oxygen atoms in total. The highest BCUT2D eigenvalue weighted by Crippen LogP contribution is 2.23. The summed E-state index contributed by atoms with van der Waals surface area (Å²) in [5.74, 6) is 1.43. The Hall–Kier alpha value is -3.38. The Morgan fingerprint density at radius 2 is 1.72 bits per heavy atom. The maximum absolute atomic E-state index is 5.43. The smallest absolute Gasteiger partial charge is 0.211 e. The van der Waals surface area contributed by atoms with Gasteiger partial charge in [0, 0.05) is 11.6 Å². The van der Waals surface area contributed by atoms with Crippen molar-refractivity contribution in [3.05, 3.63) is 88.7 Å². The summed E-state index contributed by atoms with van der Waals surface area (Å²) in [6.45, 7) is 0.741. The second-order valence-corrected chi connectivity index (χ2v) is 7.39. The molecule has 0 saturated carbocycles. The quantitative estimate of drug-likeness (QED) is 0.346. The third kappa shape index (κ3) is 4.22. The number of aromatic nitrogens is 1. The summed E-state index contributed by atoms with van der Waals surface area (Å²) in [4.78, 5) is 0.846. The molecule has 3 aromatic carbocycles. The normalized spacial score (nSPS) is 12.0. The van der Waals surface area contributed by atoms with Crippen LogP contribution in [-0.4, -0.2) is 25.0 Å². The van der Waals surface area contributed by atoms with Crippen LogP contribution in [0.4, 0.5) is 0 Å². The molecule has 0 bridgehead atoms. The van der Waals surface area contributed by atoms with Gasteiger partial charge in [0.05, 0.1) is 37.2 Å². The number of nitrogens with zero attached hydrogens (tertiary/aromatic N) is 3. The van der Waals surface area contributed by atoms with Gasteiger partial charge in [-0.05, 0) is 29.8 Å². The van der Waals surface area contributed by atoms with E-state index >= 15 is 0 Å². The summed E-state index contributed by atoms with van der Waals surface area (Å²) in [5.41, 5.74) is 3.21. The third-order valence-corrected chi connectivity index (χ3v) is 5.60. The van der Waals surface area contributed by atoms with Gasteiger partial charge < -0.3 is 14.0 Å². The number of ether oxygens (including phenoxy) is 2. The van der Waals surface area contributed by atoms with E-state index in [1.807, 2.05) is 36.4 Å². The number of methoxy groups -OCH3 is 2. The Morgan fingerprint density at radius 3 is 2.52 bits per heavy atom. The number of hydrogen-bond acceptors (Lipinski definition) is 5. The molecule has 0 aliphatic carbocycles. The number of thiazole rings is 1. The van der Waals surface area contributed by atoms with Crippen molar-refractivity contribution in [2.75, 3.05) is 14.2 Å². The first-order valence-corrected chi connectivity index (χ1v) is 10.0. The van der Waals surface area contributed by atoms with Crippen LogP contribution in [0.1, 0.15) is 11.1 Å². The van der Waals surface area contributed by atoms with Crippen molar-refractivity contribution in [1.29, 1.82) is 0 Å². The molecule has 0 atom stereocenters. The summed E-state index contributed by atoms with van der Waals surface area (Å²) in [6, 6.07) is 24.3. The SMILES string of the molecule is COc1ccc(/C=N\N=c2\sc3ccccc3n2Cc2ccccc2)c(OC)c1. The first-order chi connectivity index (χ1) is 14.3. The molecule has 29 heavy (non-hydrogen) atoms. The fraction of sp³-hybridized carbons (Fsp3) is 0.130. The van der Waals surface area contributed by atoms with Crippen LogP contribution in [0.15, 0.2) is 83.0 Å². The van der Waals surface area contributed by atoms with E-state index in [9.17, 15) is 0 Å². The van der Waals surface area contributed by atoms with Crippen molar-refractivity contribution < 1.29 is 9.47 Å². The van der Waals surface area contributed by atoms with Gasteiger partial charge in [-0.2, -0.15) is 5.10 Å². The molecular formula is C23H21N3O2S. The van der Waals surface area contributed by atoms with E-state index in [0.29, 0.717) is 5.75 Å². The van der Waals surface area contributed by atoms with Gasteiger partial charge in [0.15, 0.2) is 0 Å². The van der Waals surface area contributed by atoms with Crippen LogP contribution >= 0.6 is 11.3 Å². The highest BCUT2D eigenvalue weighted by molar-refractivity contribution is 7.16. The minimum absolute atomic E-state index is 0.691. The van der Waals surface area contributed by atoms with Crippen molar-refractivity contribution >= 4 is 27.8 Å². The molecule has 0 unspecified atom stereocenters.